The average Bonchev–Trinajstić information content (AvgIpc) is 2.97. The van der Waals surface area contributed by atoms with E-state index in [1.165, 1.54) is 12.8 Å². The van der Waals surface area contributed by atoms with Crippen molar-refractivity contribution in [3.8, 4) is 0 Å². The van der Waals surface area contributed by atoms with Gasteiger partial charge in [-0.3, -0.25) is 4.79 Å². The highest BCUT2D eigenvalue weighted by atomic mass is 79.9. The molecule has 2 aromatic heterocycles. The van der Waals surface area contributed by atoms with E-state index in [1.54, 1.807) is 12.4 Å². The van der Waals surface area contributed by atoms with Gasteiger partial charge in [0.15, 0.2) is 5.78 Å². The molecular weight excluding hydrogens is 280 g/mol. The normalized spacial score (nSPS) is 16.8. The average molecular weight is 293 g/mol. The summed E-state index contributed by atoms with van der Waals surface area (Å²) in [5.74, 6) is 0.488. The van der Waals surface area contributed by atoms with Crippen LogP contribution in [0.4, 0.5) is 0 Å². The van der Waals surface area contributed by atoms with Gasteiger partial charge in [-0.05, 0) is 34.8 Å². The highest BCUT2D eigenvalue weighted by Crippen LogP contribution is 2.30. The Morgan fingerprint density at radius 3 is 2.94 bits per heavy atom. The quantitative estimate of drug-likeness (QED) is 0.858. The van der Waals surface area contributed by atoms with Crippen molar-refractivity contribution in [3.05, 3.63) is 28.5 Å². The number of nitrogens with zero attached hydrogens (tertiary/aromatic N) is 1. The van der Waals surface area contributed by atoms with Gasteiger partial charge in [0.25, 0.3) is 0 Å². The molecule has 0 bridgehead atoms. The summed E-state index contributed by atoms with van der Waals surface area (Å²) in [5, 5.41) is 0.927. The van der Waals surface area contributed by atoms with Gasteiger partial charge in [-0.2, -0.15) is 0 Å². The number of aromatic amines is 1. The van der Waals surface area contributed by atoms with Gasteiger partial charge in [-0.15, -0.1) is 0 Å². The summed E-state index contributed by atoms with van der Waals surface area (Å²) in [7, 11) is 0. The van der Waals surface area contributed by atoms with Gasteiger partial charge >= 0.3 is 0 Å². The van der Waals surface area contributed by atoms with Gasteiger partial charge in [-0.1, -0.05) is 12.8 Å². The van der Waals surface area contributed by atoms with Crippen LogP contribution >= 0.6 is 15.9 Å². The first-order valence-electron chi connectivity index (χ1n) is 5.92. The van der Waals surface area contributed by atoms with E-state index in [9.17, 15) is 4.79 Å². The molecule has 2 aromatic rings. The van der Waals surface area contributed by atoms with E-state index in [2.05, 4.69) is 25.9 Å². The third-order valence-corrected chi connectivity index (χ3v) is 3.92. The fraction of sp³-hybridized carbons (Fsp3) is 0.385. The monoisotopic (exact) mass is 292 g/mol. The van der Waals surface area contributed by atoms with Crippen LogP contribution in [0.1, 0.15) is 36.0 Å². The Morgan fingerprint density at radius 2 is 2.18 bits per heavy atom. The maximum atomic E-state index is 12.4. The number of H-pyrrole nitrogens is 1. The van der Waals surface area contributed by atoms with Gasteiger partial charge < -0.3 is 4.98 Å². The predicted octanol–water partition coefficient (Wildman–Crippen LogP) is 3.70. The van der Waals surface area contributed by atoms with Crippen LogP contribution in [-0.2, 0) is 0 Å². The van der Waals surface area contributed by atoms with Crippen molar-refractivity contribution in [2.24, 2.45) is 5.92 Å². The van der Waals surface area contributed by atoms with Crippen LogP contribution < -0.4 is 0 Å². The maximum absolute atomic E-state index is 12.4. The van der Waals surface area contributed by atoms with Gasteiger partial charge in [0.1, 0.15) is 5.65 Å². The number of aromatic nitrogens is 2. The van der Waals surface area contributed by atoms with Crippen molar-refractivity contribution in [2.75, 3.05) is 0 Å². The van der Waals surface area contributed by atoms with Gasteiger partial charge in [-0.25, -0.2) is 4.98 Å². The van der Waals surface area contributed by atoms with Crippen molar-refractivity contribution in [1.29, 1.82) is 0 Å². The van der Waals surface area contributed by atoms with Crippen LogP contribution in [0, 0.1) is 5.92 Å². The molecule has 0 saturated heterocycles. The Balaban J connectivity index is 2.04. The molecule has 0 amide bonds. The molecule has 2 heterocycles. The summed E-state index contributed by atoms with van der Waals surface area (Å²) in [5.41, 5.74) is 1.58. The van der Waals surface area contributed by atoms with Crippen LogP contribution in [0.25, 0.3) is 11.0 Å². The Hall–Kier alpha value is -1.16. The molecule has 0 aromatic carbocycles. The number of Topliss-reactive ketones (excluding diaryl/α,β-unsaturated/α-hetero) is 1. The Morgan fingerprint density at radius 1 is 1.41 bits per heavy atom. The smallest absolute Gasteiger partial charge is 0.168 e. The number of carbonyl (C=O) groups is 1. The first-order valence-corrected chi connectivity index (χ1v) is 6.72. The number of pyridine rings is 1. The Labute approximate surface area is 108 Å². The third kappa shape index (κ3) is 1.90. The topological polar surface area (TPSA) is 45.8 Å². The minimum absolute atomic E-state index is 0.216. The first-order chi connectivity index (χ1) is 8.25. The summed E-state index contributed by atoms with van der Waals surface area (Å²) in [6, 6.07) is 1.96. The maximum Gasteiger partial charge on any atom is 0.168 e. The fourth-order valence-electron chi connectivity index (χ4n) is 2.59. The van der Waals surface area contributed by atoms with E-state index in [1.807, 2.05) is 6.07 Å². The SMILES string of the molecule is O=C(c1c[nH]c2ncc(Br)cc12)C1CCCC1. The lowest BCUT2D eigenvalue weighted by Gasteiger charge is -2.06. The number of halogens is 1. The molecule has 0 atom stereocenters. The molecule has 17 heavy (non-hydrogen) atoms. The van der Waals surface area contributed by atoms with Crippen LogP contribution in [0.3, 0.4) is 0 Å². The zero-order valence-corrected chi connectivity index (χ0v) is 11.0. The van der Waals surface area contributed by atoms with Crippen molar-refractivity contribution in [2.45, 2.75) is 25.7 Å². The van der Waals surface area contributed by atoms with E-state index in [4.69, 9.17) is 0 Å². The fourth-order valence-corrected chi connectivity index (χ4v) is 2.92. The van der Waals surface area contributed by atoms with E-state index < -0.39 is 0 Å². The van der Waals surface area contributed by atoms with E-state index in [-0.39, 0.29) is 11.7 Å². The van der Waals surface area contributed by atoms with Crippen LogP contribution in [0.15, 0.2) is 22.9 Å². The molecule has 0 radical (unpaired) electrons. The number of carbonyl (C=O) groups excluding carboxylic acids is 1. The lowest BCUT2D eigenvalue weighted by Crippen LogP contribution is -2.10. The molecule has 3 rings (SSSR count). The number of fused-ring (bicyclic) bond motifs is 1. The zero-order chi connectivity index (χ0) is 11.8. The minimum Gasteiger partial charge on any atom is -0.345 e. The predicted molar refractivity (Wildman–Crippen MR) is 70.1 cm³/mol. The molecule has 1 fully saturated rings. The summed E-state index contributed by atoms with van der Waals surface area (Å²) in [6.07, 6.45) is 7.97. The van der Waals surface area contributed by atoms with E-state index >= 15 is 0 Å². The largest absolute Gasteiger partial charge is 0.345 e. The van der Waals surface area contributed by atoms with Crippen molar-refractivity contribution < 1.29 is 4.79 Å². The van der Waals surface area contributed by atoms with Gasteiger partial charge in [0.05, 0.1) is 0 Å². The van der Waals surface area contributed by atoms with Gasteiger partial charge in [0, 0.05) is 33.7 Å². The van der Waals surface area contributed by atoms with Crippen LogP contribution in [0.2, 0.25) is 0 Å². The number of hydrogen-bond donors (Lipinski definition) is 1. The summed E-state index contributed by atoms with van der Waals surface area (Å²) in [4.78, 5) is 19.7. The molecule has 88 valence electrons. The first kappa shape index (κ1) is 11.0. The molecular formula is C13H13BrN2O. The summed E-state index contributed by atoms with van der Waals surface area (Å²) < 4.78 is 0.907. The summed E-state index contributed by atoms with van der Waals surface area (Å²) in [6.45, 7) is 0. The van der Waals surface area contributed by atoms with Crippen molar-refractivity contribution >= 4 is 32.7 Å². The van der Waals surface area contributed by atoms with E-state index in [0.717, 1.165) is 33.9 Å². The minimum atomic E-state index is 0.216. The molecule has 1 saturated carbocycles. The summed E-state index contributed by atoms with van der Waals surface area (Å²) >= 11 is 3.40. The number of hydrogen-bond acceptors (Lipinski definition) is 2. The molecule has 1 aliphatic rings. The third-order valence-electron chi connectivity index (χ3n) is 3.49. The zero-order valence-electron chi connectivity index (χ0n) is 9.37. The molecule has 0 unspecified atom stereocenters. The number of nitrogens with one attached hydrogen (secondary N) is 1. The number of rotatable bonds is 2. The molecule has 1 N–H and O–H groups in total. The van der Waals surface area contributed by atoms with Crippen molar-refractivity contribution in [1.82, 2.24) is 9.97 Å². The lowest BCUT2D eigenvalue weighted by molar-refractivity contribution is 0.0924. The molecule has 3 nitrogen and oxygen atoms in total. The lowest BCUT2D eigenvalue weighted by atomic mass is 9.96. The van der Waals surface area contributed by atoms with Crippen LogP contribution in [0.5, 0.6) is 0 Å². The molecule has 1 aliphatic carbocycles. The highest BCUT2D eigenvalue weighted by molar-refractivity contribution is 9.10. The second kappa shape index (κ2) is 4.26. The van der Waals surface area contributed by atoms with Crippen LogP contribution in [-0.4, -0.2) is 15.8 Å². The standard InChI is InChI=1S/C13H13BrN2O/c14-9-5-10-11(7-16-13(10)15-6-9)12(17)8-3-1-2-4-8/h5-8H,1-4H2,(H,15,16). The Bertz CT molecular complexity index is 570. The second-order valence-electron chi connectivity index (χ2n) is 4.60. The second-order valence-corrected chi connectivity index (χ2v) is 5.51. The molecule has 0 aliphatic heterocycles. The molecule has 0 spiro atoms. The van der Waals surface area contributed by atoms with E-state index in [0.29, 0.717) is 0 Å². The Kier molecular flexibility index (Phi) is 2.74. The van der Waals surface area contributed by atoms with Gasteiger partial charge in [0.2, 0.25) is 0 Å². The molecule has 4 heteroatoms. The highest BCUT2D eigenvalue weighted by Gasteiger charge is 2.25. The number of ketones is 1. The van der Waals surface area contributed by atoms with Crippen molar-refractivity contribution in [3.63, 3.8) is 0 Å².